The Morgan fingerprint density at radius 1 is 1.17 bits per heavy atom. The predicted molar refractivity (Wildman–Crippen MR) is 118 cm³/mol. The summed E-state index contributed by atoms with van der Waals surface area (Å²) in [6.07, 6.45) is 2.15. The fourth-order valence-corrected chi connectivity index (χ4v) is 4.08. The minimum atomic E-state index is -3.82. The molecule has 1 aliphatic heterocycles. The van der Waals surface area contributed by atoms with Crippen molar-refractivity contribution in [3.8, 4) is 0 Å². The second-order valence-electron chi connectivity index (χ2n) is 7.46. The molecule has 0 fully saturated rings. The van der Waals surface area contributed by atoms with Crippen molar-refractivity contribution in [2.24, 2.45) is 10.1 Å². The molecule has 3 rings (SSSR count). The number of anilines is 1. The van der Waals surface area contributed by atoms with E-state index in [4.69, 9.17) is 16.7 Å². The van der Waals surface area contributed by atoms with Crippen molar-refractivity contribution in [2.45, 2.75) is 49.3 Å². The molecule has 2 unspecified atom stereocenters. The number of aliphatic imine (C=N–C) groups is 1. The van der Waals surface area contributed by atoms with Gasteiger partial charge >= 0.3 is 0 Å². The fraction of sp³-hybridized carbons (Fsp3) is 0.381. The molecule has 9 heteroatoms. The number of rotatable bonds is 8. The van der Waals surface area contributed by atoms with E-state index in [0.29, 0.717) is 28.5 Å². The van der Waals surface area contributed by atoms with Crippen LogP contribution in [0.25, 0.3) is 0 Å². The van der Waals surface area contributed by atoms with Crippen molar-refractivity contribution in [2.75, 3.05) is 11.4 Å². The zero-order chi connectivity index (χ0) is 21.9. The monoisotopic (exact) mass is 451 g/mol. The quantitative estimate of drug-likeness (QED) is 0.533. The van der Waals surface area contributed by atoms with E-state index in [1.807, 2.05) is 0 Å². The average molecular weight is 452 g/mol. The van der Waals surface area contributed by atoms with E-state index in [0.717, 1.165) is 19.3 Å². The summed E-state index contributed by atoms with van der Waals surface area (Å²) < 4.78 is 23.1. The molecule has 1 aliphatic rings. The van der Waals surface area contributed by atoms with Gasteiger partial charge in [0.25, 0.3) is 0 Å². The third-order valence-electron chi connectivity index (χ3n) is 5.14. The number of benzene rings is 2. The molecule has 0 aliphatic carbocycles. The summed E-state index contributed by atoms with van der Waals surface area (Å²) in [4.78, 5) is 6.23. The van der Waals surface area contributed by atoms with Gasteiger partial charge in [0.15, 0.2) is 0 Å². The molecule has 7 nitrogen and oxygen atoms in total. The van der Waals surface area contributed by atoms with E-state index < -0.39 is 21.9 Å². The lowest BCUT2D eigenvalue weighted by molar-refractivity contribution is -0.0604. The van der Waals surface area contributed by atoms with Crippen LogP contribution < -0.4 is 10.0 Å². The molecule has 30 heavy (non-hydrogen) atoms. The second kappa shape index (κ2) is 9.03. The Bertz CT molecular complexity index is 1010. The molecule has 162 valence electrons. The molecule has 0 radical (unpaired) electrons. The summed E-state index contributed by atoms with van der Waals surface area (Å²) in [5, 5.41) is 27.5. The summed E-state index contributed by atoms with van der Waals surface area (Å²) in [7, 11) is -3.82. The lowest BCUT2D eigenvalue weighted by atomic mass is 10.0. The third kappa shape index (κ3) is 5.01. The van der Waals surface area contributed by atoms with Crippen LogP contribution in [0.2, 0.25) is 5.02 Å². The highest BCUT2D eigenvalue weighted by Gasteiger charge is 2.44. The van der Waals surface area contributed by atoms with Gasteiger partial charge in [-0.15, -0.1) is 0 Å². The van der Waals surface area contributed by atoms with E-state index in [9.17, 15) is 18.6 Å². The maximum atomic E-state index is 11.6. The van der Waals surface area contributed by atoms with E-state index >= 15 is 0 Å². The van der Waals surface area contributed by atoms with E-state index in [1.165, 1.54) is 12.1 Å². The summed E-state index contributed by atoms with van der Waals surface area (Å²) in [6.45, 7) is 2.10. The van der Waals surface area contributed by atoms with Gasteiger partial charge in [-0.25, -0.2) is 18.5 Å². The van der Waals surface area contributed by atoms with Crippen molar-refractivity contribution in [1.29, 1.82) is 0 Å². The van der Waals surface area contributed by atoms with Crippen molar-refractivity contribution >= 4 is 33.1 Å². The number of amidine groups is 1. The molecular formula is C21H26ClN3O4S. The van der Waals surface area contributed by atoms with Crippen LogP contribution in [0.5, 0.6) is 0 Å². The summed E-state index contributed by atoms with van der Waals surface area (Å²) in [6, 6.07) is 13.0. The molecule has 1 heterocycles. The largest absolute Gasteiger partial charge is 0.388 e. The smallest absolute Gasteiger partial charge is 0.238 e. The summed E-state index contributed by atoms with van der Waals surface area (Å²) >= 11 is 6.00. The first-order valence-corrected chi connectivity index (χ1v) is 11.7. The van der Waals surface area contributed by atoms with Crippen LogP contribution in [-0.2, 0) is 10.0 Å². The molecule has 4 N–H and O–H groups in total. The van der Waals surface area contributed by atoms with Gasteiger partial charge < -0.3 is 15.1 Å². The van der Waals surface area contributed by atoms with E-state index in [-0.39, 0.29) is 11.4 Å². The fourth-order valence-electron chi connectivity index (χ4n) is 3.43. The van der Waals surface area contributed by atoms with Gasteiger partial charge in [-0.2, -0.15) is 0 Å². The highest BCUT2D eigenvalue weighted by Crippen LogP contribution is 2.32. The number of sulfonamides is 1. The lowest BCUT2D eigenvalue weighted by Gasteiger charge is -2.28. The minimum Gasteiger partial charge on any atom is -0.388 e. The molecule has 0 amide bonds. The molecule has 0 saturated heterocycles. The van der Waals surface area contributed by atoms with E-state index in [1.54, 1.807) is 41.3 Å². The van der Waals surface area contributed by atoms with Crippen LogP contribution in [0.1, 0.15) is 38.2 Å². The molecule has 0 spiro atoms. The Labute approximate surface area is 181 Å². The lowest BCUT2D eigenvalue weighted by Crippen LogP contribution is -2.45. The standard InChI is InChI=1S/C21H26ClN3O4S/c1-2-3-4-5-19(26)21(27)14-25(17-10-12-18(13-11-17)30(23,28)29)20(24-21)15-6-8-16(22)9-7-15/h6-13,19,26-27H,2-5,14H2,1H3,(H2,23,28,29). The first-order valence-electron chi connectivity index (χ1n) is 9.80. The predicted octanol–water partition coefficient (Wildman–Crippen LogP) is 2.88. The number of aliphatic hydroxyl groups is 2. The first-order chi connectivity index (χ1) is 14.1. The average Bonchev–Trinajstić information content (AvgIpc) is 3.07. The number of primary sulfonamides is 1. The zero-order valence-corrected chi connectivity index (χ0v) is 18.3. The zero-order valence-electron chi connectivity index (χ0n) is 16.7. The number of hydrogen-bond donors (Lipinski definition) is 3. The van der Waals surface area contributed by atoms with Crippen molar-refractivity contribution < 1.29 is 18.6 Å². The van der Waals surface area contributed by atoms with Gasteiger partial charge in [-0.1, -0.05) is 37.8 Å². The maximum absolute atomic E-state index is 11.6. The highest BCUT2D eigenvalue weighted by atomic mass is 35.5. The van der Waals surface area contributed by atoms with Crippen molar-refractivity contribution in [1.82, 2.24) is 0 Å². The van der Waals surface area contributed by atoms with Crippen molar-refractivity contribution in [3.63, 3.8) is 0 Å². The molecular weight excluding hydrogens is 426 g/mol. The Hall–Kier alpha value is -1.97. The Morgan fingerprint density at radius 2 is 1.80 bits per heavy atom. The number of halogens is 1. The Morgan fingerprint density at radius 3 is 2.37 bits per heavy atom. The van der Waals surface area contributed by atoms with Gasteiger partial charge in [0.05, 0.1) is 11.4 Å². The van der Waals surface area contributed by atoms with Crippen LogP contribution in [0, 0.1) is 0 Å². The first kappa shape index (κ1) is 22.7. The number of unbranched alkanes of at least 4 members (excludes halogenated alkanes) is 2. The molecule has 2 atom stereocenters. The van der Waals surface area contributed by atoms with Crippen LogP contribution in [0.15, 0.2) is 58.4 Å². The minimum absolute atomic E-state index is 0.00899. The molecule has 2 aromatic carbocycles. The Kier molecular flexibility index (Phi) is 6.84. The highest BCUT2D eigenvalue weighted by molar-refractivity contribution is 7.89. The van der Waals surface area contributed by atoms with Crippen molar-refractivity contribution in [3.05, 3.63) is 59.1 Å². The van der Waals surface area contributed by atoms with Gasteiger partial charge in [0, 0.05) is 16.3 Å². The second-order valence-corrected chi connectivity index (χ2v) is 9.46. The van der Waals surface area contributed by atoms with E-state index in [2.05, 4.69) is 11.9 Å². The normalized spacial score (nSPS) is 20.3. The molecule has 0 bridgehead atoms. The number of aliphatic hydroxyl groups excluding tert-OH is 1. The Balaban J connectivity index is 1.96. The molecule has 0 saturated carbocycles. The number of nitrogens with zero attached hydrogens (tertiary/aromatic N) is 2. The summed E-state index contributed by atoms with van der Waals surface area (Å²) in [5.74, 6) is 0.465. The van der Waals surface area contributed by atoms with Crippen LogP contribution in [0.3, 0.4) is 0 Å². The maximum Gasteiger partial charge on any atom is 0.238 e. The molecule has 2 aromatic rings. The summed E-state index contributed by atoms with van der Waals surface area (Å²) in [5.41, 5.74) is -0.346. The number of β-amino-alcohol motifs (C(OH)–C–C–N with tert-alkyl or cyclic N) is 1. The van der Waals surface area contributed by atoms with Crippen LogP contribution >= 0.6 is 11.6 Å². The third-order valence-corrected chi connectivity index (χ3v) is 6.32. The van der Waals surface area contributed by atoms with Gasteiger partial charge in [-0.3, -0.25) is 0 Å². The van der Waals surface area contributed by atoms with Crippen LogP contribution in [0.4, 0.5) is 5.69 Å². The number of nitrogens with two attached hydrogens (primary N) is 1. The van der Waals surface area contributed by atoms with Gasteiger partial charge in [0.2, 0.25) is 15.7 Å². The number of hydrogen-bond acceptors (Lipinski definition) is 6. The topological polar surface area (TPSA) is 116 Å². The van der Waals surface area contributed by atoms with Gasteiger partial charge in [-0.05, 0) is 55.0 Å². The van der Waals surface area contributed by atoms with Gasteiger partial charge in [0.1, 0.15) is 11.9 Å². The molecule has 0 aromatic heterocycles. The SMILES string of the molecule is CCCCCC(O)C1(O)CN(c2ccc(S(N)(=O)=O)cc2)C(c2ccc(Cl)cc2)=N1. The van der Waals surface area contributed by atoms with Crippen LogP contribution in [-0.4, -0.2) is 42.8 Å².